The zero-order valence-corrected chi connectivity index (χ0v) is 13.7. The number of piperazine rings is 1. The van der Waals surface area contributed by atoms with Crippen molar-refractivity contribution in [3.05, 3.63) is 33.3 Å². The molecule has 0 radical (unpaired) electrons. The van der Waals surface area contributed by atoms with Crippen LogP contribution in [0.5, 0.6) is 0 Å². The fourth-order valence-electron chi connectivity index (χ4n) is 2.48. The number of likely N-dealkylation sites (N-methyl/N-ethyl adjacent to an activating group) is 1. The molecule has 0 bridgehead atoms. The Labute approximate surface area is 132 Å². The van der Waals surface area contributed by atoms with Crippen molar-refractivity contribution < 1.29 is 9.90 Å². The zero-order valence-electron chi connectivity index (χ0n) is 11.4. The molecule has 1 atom stereocenters. The largest absolute Gasteiger partial charge is 0.481 e. The van der Waals surface area contributed by atoms with Gasteiger partial charge in [-0.25, -0.2) is 0 Å². The van der Waals surface area contributed by atoms with Gasteiger partial charge >= 0.3 is 5.97 Å². The van der Waals surface area contributed by atoms with Gasteiger partial charge in [0.1, 0.15) is 0 Å². The number of nitrogens with zero attached hydrogens (tertiary/aromatic N) is 2. The van der Waals surface area contributed by atoms with Crippen molar-refractivity contribution in [2.45, 2.75) is 12.5 Å². The predicted octanol–water partition coefficient (Wildman–Crippen LogP) is 2.87. The Balaban J connectivity index is 2.22. The fourth-order valence-corrected chi connectivity index (χ4v) is 2.91. The van der Waals surface area contributed by atoms with Crippen LogP contribution in [0.1, 0.15) is 18.0 Å². The van der Waals surface area contributed by atoms with E-state index >= 15 is 0 Å². The van der Waals surface area contributed by atoms with Crippen molar-refractivity contribution in [2.24, 2.45) is 0 Å². The lowest BCUT2D eigenvalue weighted by molar-refractivity contribution is -0.138. The van der Waals surface area contributed by atoms with Crippen molar-refractivity contribution in [1.82, 2.24) is 9.80 Å². The van der Waals surface area contributed by atoms with E-state index in [1.54, 1.807) is 0 Å². The number of benzene rings is 1. The van der Waals surface area contributed by atoms with Crippen LogP contribution < -0.4 is 0 Å². The van der Waals surface area contributed by atoms with Crippen LogP contribution in [0.3, 0.4) is 0 Å². The summed E-state index contributed by atoms with van der Waals surface area (Å²) >= 11 is 9.50. The van der Waals surface area contributed by atoms with Gasteiger partial charge < -0.3 is 10.0 Å². The van der Waals surface area contributed by atoms with Gasteiger partial charge in [0.2, 0.25) is 0 Å². The summed E-state index contributed by atoms with van der Waals surface area (Å²) in [6.07, 6.45) is 0.0989. The number of hydrogen-bond donors (Lipinski definition) is 1. The molecule has 1 aromatic rings. The fraction of sp³-hybridized carbons (Fsp3) is 0.500. The first-order valence-corrected chi connectivity index (χ1v) is 7.74. The number of rotatable bonds is 4. The van der Waals surface area contributed by atoms with E-state index in [1.165, 1.54) is 0 Å². The molecule has 0 amide bonds. The van der Waals surface area contributed by atoms with Crippen LogP contribution in [0.25, 0.3) is 0 Å². The molecule has 20 heavy (non-hydrogen) atoms. The zero-order chi connectivity index (χ0) is 14.7. The summed E-state index contributed by atoms with van der Waals surface area (Å²) in [5.74, 6) is -0.784. The Kier molecular flexibility index (Phi) is 5.43. The summed E-state index contributed by atoms with van der Waals surface area (Å²) in [6.45, 7) is 3.67. The summed E-state index contributed by atoms with van der Waals surface area (Å²) < 4.78 is 0.829. The molecule has 6 heteroatoms. The molecule has 1 aliphatic heterocycles. The van der Waals surface area contributed by atoms with E-state index in [9.17, 15) is 9.90 Å². The number of hydrogen-bond acceptors (Lipinski definition) is 3. The molecule has 1 aromatic carbocycles. The molecule has 1 N–H and O–H groups in total. The lowest BCUT2D eigenvalue weighted by Crippen LogP contribution is -2.46. The molecule has 0 saturated carbocycles. The first kappa shape index (κ1) is 15.8. The van der Waals surface area contributed by atoms with E-state index in [0.29, 0.717) is 5.02 Å². The summed E-state index contributed by atoms with van der Waals surface area (Å²) in [5, 5.41) is 9.79. The Morgan fingerprint density at radius 1 is 1.40 bits per heavy atom. The second kappa shape index (κ2) is 6.89. The normalized spacial score (nSPS) is 18.9. The average molecular weight is 362 g/mol. The van der Waals surface area contributed by atoms with E-state index < -0.39 is 5.97 Å². The van der Waals surface area contributed by atoms with Crippen LogP contribution in [0.2, 0.25) is 5.02 Å². The quantitative estimate of drug-likeness (QED) is 0.895. The van der Waals surface area contributed by atoms with Crippen LogP contribution in [-0.2, 0) is 4.79 Å². The second-order valence-corrected chi connectivity index (χ2v) is 6.39. The van der Waals surface area contributed by atoms with Gasteiger partial charge in [0.15, 0.2) is 0 Å². The lowest BCUT2D eigenvalue weighted by Gasteiger charge is -2.37. The van der Waals surface area contributed by atoms with Crippen molar-refractivity contribution in [2.75, 3.05) is 33.2 Å². The van der Waals surface area contributed by atoms with Crippen molar-refractivity contribution >= 4 is 33.5 Å². The molecule has 0 aliphatic carbocycles. The highest BCUT2D eigenvalue weighted by Gasteiger charge is 2.26. The van der Waals surface area contributed by atoms with Crippen LogP contribution in [0.4, 0.5) is 0 Å². The highest BCUT2D eigenvalue weighted by atomic mass is 79.9. The van der Waals surface area contributed by atoms with Gasteiger partial charge in [0.25, 0.3) is 0 Å². The Morgan fingerprint density at radius 3 is 2.60 bits per heavy atom. The number of carboxylic acids is 1. The molecule has 110 valence electrons. The van der Waals surface area contributed by atoms with E-state index in [0.717, 1.165) is 36.2 Å². The van der Waals surface area contributed by atoms with Crippen LogP contribution in [-0.4, -0.2) is 54.1 Å². The highest BCUT2D eigenvalue weighted by molar-refractivity contribution is 9.10. The Hall–Kier alpha value is -0.620. The topological polar surface area (TPSA) is 43.8 Å². The molecule has 0 spiro atoms. The smallest absolute Gasteiger partial charge is 0.305 e. The number of carboxylic acid groups (broad SMARTS) is 1. The molecule has 1 unspecified atom stereocenters. The third kappa shape index (κ3) is 3.95. The third-order valence-electron chi connectivity index (χ3n) is 3.68. The maximum atomic E-state index is 11.2. The van der Waals surface area contributed by atoms with Crippen molar-refractivity contribution in [3.8, 4) is 0 Å². The highest BCUT2D eigenvalue weighted by Crippen LogP contribution is 2.31. The summed E-state index contributed by atoms with van der Waals surface area (Å²) in [5.41, 5.74) is 0.963. The maximum absolute atomic E-state index is 11.2. The minimum atomic E-state index is -0.784. The van der Waals surface area contributed by atoms with Crippen molar-refractivity contribution in [3.63, 3.8) is 0 Å². The summed E-state index contributed by atoms with van der Waals surface area (Å²) in [4.78, 5) is 15.6. The van der Waals surface area contributed by atoms with E-state index in [2.05, 4.69) is 32.8 Å². The molecule has 1 heterocycles. The van der Waals surface area contributed by atoms with Gasteiger partial charge in [-0.15, -0.1) is 0 Å². The Morgan fingerprint density at radius 2 is 2.05 bits per heavy atom. The number of aliphatic carboxylic acids is 1. The van der Waals surface area contributed by atoms with E-state index in [1.807, 2.05) is 18.2 Å². The van der Waals surface area contributed by atoms with Gasteiger partial charge in [-0.3, -0.25) is 9.69 Å². The van der Waals surface area contributed by atoms with Crippen LogP contribution in [0.15, 0.2) is 22.7 Å². The summed E-state index contributed by atoms with van der Waals surface area (Å²) in [6, 6.07) is 5.56. The predicted molar refractivity (Wildman–Crippen MR) is 83.2 cm³/mol. The molecule has 2 rings (SSSR count). The molecule has 1 saturated heterocycles. The lowest BCUT2D eigenvalue weighted by atomic mass is 10.0. The van der Waals surface area contributed by atoms with Crippen LogP contribution in [0, 0.1) is 0 Å². The van der Waals surface area contributed by atoms with Gasteiger partial charge in [0.05, 0.1) is 11.4 Å². The van der Waals surface area contributed by atoms with Crippen LogP contribution >= 0.6 is 27.5 Å². The average Bonchev–Trinajstić information content (AvgIpc) is 2.40. The number of carbonyl (C=O) groups is 1. The van der Waals surface area contributed by atoms with Gasteiger partial charge in [-0.1, -0.05) is 17.7 Å². The minimum Gasteiger partial charge on any atom is -0.481 e. The van der Waals surface area contributed by atoms with E-state index in [4.69, 9.17) is 11.6 Å². The molecule has 4 nitrogen and oxygen atoms in total. The molecular weight excluding hydrogens is 344 g/mol. The summed E-state index contributed by atoms with van der Waals surface area (Å²) in [7, 11) is 2.08. The molecular formula is C14H18BrClN2O2. The van der Waals surface area contributed by atoms with Gasteiger partial charge in [-0.05, 0) is 40.7 Å². The first-order chi connectivity index (χ1) is 9.47. The standard InChI is InChI=1S/C14H18BrClN2O2/c1-17-4-6-18(7-5-17)13(9-14(19)20)10-2-3-11(15)12(16)8-10/h2-3,8,13H,4-7,9H2,1H3,(H,19,20). The molecule has 1 aliphatic rings. The first-order valence-electron chi connectivity index (χ1n) is 6.56. The Bertz CT molecular complexity index is 490. The minimum absolute atomic E-state index is 0.0989. The monoisotopic (exact) mass is 360 g/mol. The molecule has 0 aromatic heterocycles. The van der Waals surface area contributed by atoms with E-state index in [-0.39, 0.29) is 12.5 Å². The number of halogens is 2. The SMILES string of the molecule is CN1CCN(C(CC(=O)O)c2ccc(Br)c(Cl)c2)CC1. The second-order valence-electron chi connectivity index (χ2n) is 5.13. The third-order valence-corrected chi connectivity index (χ3v) is 4.91. The molecule has 1 fully saturated rings. The van der Waals surface area contributed by atoms with Crippen molar-refractivity contribution in [1.29, 1.82) is 0 Å². The van der Waals surface area contributed by atoms with Gasteiger partial charge in [-0.2, -0.15) is 0 Å². The maximum Gasteiger partial charge on any atom is 0.305 e. The van der Waals surface area contributed by atoms with Gasteiger partial charge in [0, 0.05) is 36.7 Å².